The Morgan fingerprint density at radius 3 is 2.08 bits per heavy atom. The molecule has 0 atom stereocenters. The standard InChI is InChI=1S/C9H16N2O/c1-6(2)11-7(3)10-9(4,5)8(11)12/h6H,1-5H3. The van der Waals surface area contributed by atoms with Crippen molar-refractivity contribution in [2.24, 2.45) is 4.99 Å². The van der Waals surface area contributed by atoms with Gasteiger partial charge in [-0.05, 0) is 34.6 Å². The minimum atomic E-state index is -0.547. The van der Waals surface area contributed by atoms with Crippen molar-refractivity contribution in [3.63, 3.8) is 0 Å². The van der Waals surface area contributed by atoms with Gasteiger partial charge in [0, 0.05) is 6.04 Å². The summed E-state index contributed by atoms with van der Waals surface area (Å²) in [6.07, 6.45) is 0. The van der Waals surface area contributed by atoms with Crippen LogP contribution in [-0.4, -0.2) is 28.2 Å². The predicted octanol–water partition coefficient (Wildman–Crippen LogP) is 1.43. The molecule has 0 bridgehead atoms. The van der Waals surface area contributed by atoms with E-state index >= 15 is 0 Å². The molecule has 0 saturated carbocycles. The van der Waals surface area contributed by atoms with Crippen molar-refractivity contribution in [3.05, 3.63) is 0 Å². The number of amidine groups is 1. The number of hydrogen-bond acceptors (Lipinski definition) is 2. The van der Waals surface area contributed by atoms with Crippen molar-refractivity contribution in [1.82, 2.24) is 4.90 Å². The Balaban J connectivity index is 2.97. The van der Waals surface area contributed by atoms with Crippen molar-refractivity contribution in [2.75, 3.05) is 0 Å². The van der Waals surface area contributed by atoms with Crippen LogP contribution < -0.4 is 0 Å². The molecule has 0 saturated heterocycles. The zero-order valence-corrected chi connectivity index (χ0v) is 8.38. The van der Waals surface area contributed by atoms with Gasteiger partial charge >= 0.3 is 0 Å². The Morgan fingerprint density at radius 2 is 1.92 bits per heavy atom. The van der Waals surface area contributed by atoms with E-state index in [1.54, 1.807) is 4.90 Å². The average molecular weight is 168 g/mol. The monoisotopic (exact) mass is 168 g/mol. The van der Waals surface area contributed by atoms with Crippen LogP contribution in [0.5, 0.6) is 0 Å². The summed E-state index contributed by atoms with van der Waals surface area (Å²) in [5.41, 5.74) is -0.547. The van der Waals surface area contributed by atoms with E-state index in [0.717, 1.165) is 5.84 Å². The number of hydrogen-bond donors (Lipinski definition) is 0. The molecule has 3 nitrogen and oxygen atoms in total. The van der Waals surface area contributed by atoms with Gasteiger partial charge in [0.05, 0.1) is 0 Å². The third-order valence-electron chi connectivity index (χ3n) is 2.05. The van der Waals surface area contributed by atoms with E-state index in [4.69, 9.17) is 0 Å². The van der Waals surface area contributed by atoms with Crippen molar-refractivity contribution in [1.29, 1.82) is 0 Å². The van der Waals surface area contributed by atoms with E-state index in [0.29, 0.717) is 0 Å². The molecule has 1 aliphatic heterocycles. The van der Waals surface area contributed by atoms with Gasteiger partial charge < -0.3 is 0 Å². The summed E-state index contributed by atoms with van der Waals surface area (Å²) in [5.74, 6) is 0.940. The van der Waals surface area contributed by atoms with Gasteiger partial charge in [0.1, 0.15) is 11.4 Å². The van der Waals surface area contributed by atoms with Crippen LogP contribution in [0, 0.1) is 0 Å². The number of carbonyl (C=O) groups is 1. The lowest BCUT2D eigenvalue weighted by atomic mass is 10.1. The summed E-state index contributed by atoms with van der Waals surface area (Å²) in [5, 5.41) is 0. The molecule has 0 spiro atoms. The SMILES string of the molecule is CC1=NC(C)(C)C(=O)N1C(C)C. The maximum absolute atomic E-state index is 11.7. The van der Waals surface area contributed by atoms with Crippen molar-refractivity contribution in [3.8, 4) is 0 Å². The van der Waals surface area contributed by atoms with Gasteiger partial charge in [0.25, 0.3) is 5.91 Å². The van der Waals surface area contributed by atoms with Crippen LogP contribution in [0.3, 0.4) is 0 Å². The van der Waals surface area contributed by atoms with Gasteiger partial charge in [-0.25, -0.2) is 0 Å². The van der Waals surface area contributed by atoms with Crippen LogP contribution in [-0.2, 0) is 4.79 Å². The molecule has 0 N–H and O–H groups in total. The lowest BCUT2D eigenvalue weighted by Gasteiger charge is -2.23. The molecule has 12 heavy (non-hydrogen) atoms. The van der Waals surface area contributed by atoms with Crippen LogP contribution in [0.2, 0.25) is 0 Å². The molecular formula is C9H16N2O. The fourth-order valence-electron chi connectivity index (χ4n) is 1.56. The van der Waals surface area contributed by atoms with Gasteiger partial charge in [-0.3, -0.25) is 14.7 Å². The van der Waals surface area contributed by atoms with Gasteiger partial charge in [-0.1, -0.05) is 0 Å². The molecule has 3 heteroatoms. The zero-order chi connectivity index (χ0) is 9.52. The Bertz CT molecular complexity index is 241. The second-order valence-electron chi connectivity index (χ2n) is 3.99. The molecule has 0 aromatic carbocycles. The minimum absolute atomic E-state index is 0.106. The van der Waals surface area contributed by atoms with Crippen molar-refractivity contribution < 1.29 is 4.79 Å². The highest BCUT2D eigenvalue weighted by molar-refractivity contribution is 6.07. The van der Waals surface area contributed by atoms with Crippen LogP contribution in [0.25, 0.3) is 0 Å². The summed E-state index contributed by atoms with van der Waals surface area (Å²) >= 11 is 0. The fourth-order valence-corrected chi connectivity index (χ4v) is 1.56. The Labute approximate surface area is 73.5 Å². The second kappa shape index (κ2) is 2.57. The molecule has 1 rings (SSSR count). The molecule has 1 amide bonds. The van der Waals surface area contributed by atoms with Crippen LogP contribution in [0.1, 0.15) is 34.6 Å². The number of aliphatic imine (C=N–C) groups is 1. The van der Waals surface area contributed by atoms with Gasteiger partial charge in [-0.15, -0.1) is 0 Å². The average Bonchev–Trinajstić information content (AvgIpc) is 2.02. The third-order valence-corrected chi connectivity index (χ3v) is 2.05. The van der Waals surface area contributed by atoms with E-state index in [9.17, 15) is 4.79 Å². The molecule has 0 aromatic rings. The lowest BCUT2D eigenvalue weighted by molar-refractivity contribution is -0.131. The second-order valence-corrected chi connectivity index (χ2v) is 3.99. The first-order valence-corrected chi connectivity index (χ1v) is 4.26. The molecular weight excluding hydrogens is 152 g/mol. The van der Waals surface area contributed by atoms with Gasteiger partial charge in [0.2, 0.25) is 0 Å². The molecule has 68 valence electrons. The van der Waals surface area contributed by atoms with Gasteiger partial charge in [0.15, 0.2) is 0 Å². The first-order valence-electron chi connectivity index (χ1n) is 4.26. The van der Waals surface area contributed by atoms with Crippen molar-refractivity contribution in [2.45, 2.75) is 46.2 Å². The molecule has 0 fully saturated rings. The van der Waals surface area contributed by atoms with Crippen molar-refractivity contribution >= 4 is 11.7 Å². The van der Waals surface area contributed by atoms with Crippen LogP contribution in [0.15, 0.2) is 4.99 Å². The van der Waals surface area contributed by atoms with E-state index in [2.05, 4.69) is 4.99 Å². The van der Waals surface area contributed by atoms with E-state index in [1.807, 2.05) is 34.6 Å². The summed E-state index contributed by atoms with van der Waals surface area (Å²) < 4.78 is 0. The Morgan fingerprint density at radius 1 is 1.42 bits per heavy atom. The number of rotatable bonds is 1. The highest BCUT2D eigenvalue weighted by Gasteiger charge is 2.39. The molecule has 0 radical (unpaired) electrons. The highest BCUT2D eigenvalue weighted by Crippen LogP contribution is 2.23. The minimum Gasteiger partial charge on any atom is -0.296 e. The fraction of sp³-hybridized carbons (Fsp3) is 0.778. The first-order chi connectivity index (χ1) is 5.36. The molecule has 0 unspecified atom stereocenters. The van der Waals surface area contributed by atoms with E-state index in [1.165, 1.54) is 0 Å². The predicted molar refractivity (Wildman–Crippen MR) is 49.2 cm³/mol. The topological polar surface area (TPSA) is 32.7 Å². The Hall–Kier alpha value is -0.860. The molecule has 1 heterocycles. The maximum atomic E-state index is 11.7. The highest BCUT2D eigenvalue weighted by atomic mass is 16.2. The Kier molecular flexibility index (Phi) is 1.98. The third kappa shape index (κ3) is 1.24. The lowest BCUT2D eigenvalue weighted by Crippen LogP contribution is -2.42. The molecule has 0 aromatic heterocycles. The van der Waals surface area contributed by atoms with E-state index in [-0.39, 0.29) is 11.9 Å². The summed E-state index contributed by atoms with van der Waals surface area (Å²) in [4.78, 5) is 17.7. The molecule has 1 aliphatic rings. The first kappa shape index (κ1) is 9.23. The van der Waals surface area contributed by atoms with Crippen LogP contribution >= 0.6 is 0 Å². The smallest absolute Gasteiger partial charge is 0.255 e. The maximum Gasteiger partial charge on any atom is 0.255 e. The quantitative estimate of drug-likeness (QED) is 0.583. The summed E-state index contributed by atoms with van der Waals surface area (Å²) in [6, 6.07) is 0.211. The number of amides is 1. The summed E-state index contributed by atoms with van der Waals surface area (Å²) in [6.45, 7) is 9.58. The molecule has 0 aliphatic carbocycles. The van der Waals surface area contributed by atoms with E-state index < -0.39 is 5.54 Å². The van der Waals surface area contributed by atoms with Gasteiger partial charge in [-0.2, -0.15) is 0 Å². The number of carbonyl (C=O) groups excluding carboxylic acids is 1. The zero-order valence-electron chi connectivity index (χ0n) is 8.38. The largest absolute Gasteiger partial charge is 0.296 e. The van der Waals surface area contributed by atoms with Crippen LogP contribution in [0.4, 0.5) is 0 Å². The number of nitrogens with zero attached hydrogens (tertiary/aromatic N) is 2. The summed E-state index contributed by atoms with van der Waals surface area (Å²) in [7, 11) is 0. The normalized spacial score (nSPS) is 22.0.